The van der Waals surface area contributed by atoms with E-state index in [1.54, 1.807) is 12.1 Å². The van der Waals surface area contributed by atoms with E-state index in [0.29, 0.717) is 16.3 Å². The van der Waals surface area contributed by atoms with Crippen LogP contribution in [-0.2, 0) is 0 Å². The Balaban J connectivity index is 3.16. The number of nitrogens with zero attached hydrogens (tertiary/aromatic N) is 1. The van der Waals surface area contributed by atoms with E-state index in [1.165, 1.54) is 6.07 Å². The minimum absolute atomic E-state index is 0.0440. The molecule has 8 N–H and O–H groups in total. The van der Waals surface area contributed by atoms with E-state index in [0.717, 1.165) is 0 Å². The number of hydrogen-bond donors (Lipinski definition) is 5. The van der Waals surface area contributed by atoms with Crippen molar-refractivity contribution in [3.8, 4) is 6.07 Å². The monoisotopic (exact) mass is 238 g/mol. The molecule has 16 heavy (non-hydrogen) atoms. The van der Waals surface area contributed by atoms with E-state index < -0.39 is 0 Å². The fourth-order valence-corrected chi connectivity index (χ4v) is 1.22. The molecule has 0 heterocycles. The van der Waals surface area contributed by atoms with Gasteiger partial charge in [-0.1, -0.05) is 11.6 Å². The fourth-order valence-electron chi connectivity index (χ4n) is 1.05. The van der Waals surface area contributed by atoms with Gasteiger partial charge in [0.05, 0.1) is 0 Å². The molecule has 0 spiro atoms. The summed E-state index contributed by atoms with van der Waals surface area (Å²) in [5, 5.41) is 9.33. The SMILES string of the molecule is N#Cc1cc(Cl)ccc1[NH+]=C(N)[NH+]=C(N)N. The Hall–Kier alpha value is -2.26. The van der Waals surface area contributed by atoms with E-state index in [1.807, 2.05) is 6.07 Å². The van der Waals surface area contributed by atoms with E-state index in [4.69, 9.17) is 34.1 Å². The molecule has 0 saturated carbocycles. The minimum atomic E-state index is -0.0440. The first-order chi connectivity index (χ1) is 7.52. The number of benzene rings is 1. The third-order valence-electron chi connectivity index (χ3n) is 1.65. The van der Waals surface area contributed by atoms with Gasteiger partial charge in [0.1, 0.15) is 11.6 Å². The van der Waals surface area contributed by atoms with Gasteiger partial charge < -0.3 is 11.5 Å². The van der Waals surface area contributed by atoms with Crippen LogP contribution in [0.25, 0.3) is 0 Å². The van der Waals surface area contributed by atoms with Gasteiger partial charge in [0, 0.05) is 5.02 Å². The molecule has 6 nitrogen and oxygen atoms in total. The van der Waals surface area contributed by atoms with Crippen molar-refractivity contribution in [2.24, 2.45) is 17.2 Å². The average molecular weight is 239 g/mol. The van der Waals surface area contributed by atoms with E-state index in [2.05, 4.69) is 9.98 Å². The molecule has 0 unspecified atom stereocenters. The lowest BCUT2D eigenvalue weighted by molar-refractivity contribution is -0.459. The number of rotatable bonds is 1. The molecule has 1 aromatic rings. The lowest BCUT2D eigenvalue weighted by Crippen LogP contribution is -2.96. The zero-order valence-corrected chi connectivity index (χ0v) is 9.05. The highest BCUT2D eigenvalue weighted by atomic mass is 35.5. The highest BCUT2D eigenvalue weighted by molar-refractivity contribution is 6.30. The van der Waals surface area contributed by atoms with Crippen molar-refractivity contribution in [3.63, 3.8) is 0 Å². The van der Waals surface area contributed by atoms with Crippen molar-refractivity contribution in [2.75, 3.05) is 0 Å². The predicted octanol–water partition coefficient (Wildman–Crippen LogP) is -3.41. The number of guanidine groups is 2. The van der Waals surface area contributed by atoms with Gasteiger partial charge >= 0.3 is 5.96 Å². The number of hydrogen-bond acceptors (Lipinski definition) is 1. The number of nitriles is 1. The Morgan fingerprint density at radius 2 is 2.00 bits per heavy atom. The van der Waals surface area contributed by atoms with Gasteiger partial charge in [-0.3, -0.25) is 0 Å². The normalized spacial score (nSPS) is 10.6. The Morgan fingerprint density at radius 1 is 1.31 bits per heavy atom. The largest absolute Gasteiger partial charge is 0.522 e. The summed E-state index contributed by atoms with van der Waals surface area (Å²) in [6.07, 6.45) is 0. The minimum Gasteiger partial charge on any atom is -0.345 e. The molecule has 0 aromatic heterocycles. The van der Waals surface area contributed by atoms with Crippen molar-refractivity contribution in [1.29, 1.82) is 5.26 Å². The van der Waals surface area contributed by atoms with Gasteiger partial charge in [0.25, 0.3) is 5.96 Å². The van der Waals surface area contributed by atoms with E-state index in [-0.39, 0.29) is 11.9 Å². The summed E-state index contributed by atoms with van der Waals surface area (Å²) in [4.78, 5) is 5.21. The zero-order valence-electron chi connectivity index (χ0n) is 8.29. The second-order valence-electron chi connectivity index (χ2n) is 2.92. The maximum absolute atomic E-state index is 8.86. The maximum atomic E-state index is 8.86. The van der Waals surface area contributed by atoms with Gasteiger partial charge in [-0.25, -0.2) is 5.73 Å². The molecule has 0 saturated heterocycles. The van der Waals surface area contributed by atoms with Crippen LogP contribution in [0.5, 0.6) is 0 Å². The molecule has 1 rings (SSSR count). The van der Waals surface area contributed by atoms with Crippen molar-refractivity contribution >= 4 is 29.2 Å². The van der Waals surface area contributed by atoms with Gasteiger partial charge in [-0.05, 0) is 18.2 Å². The van der Waals surface area contributed by atoms with Gasteiger partial charge in [0.15, 0.2) is 5.69 Å². The Bertz CT molecular complexity index is 495. The molecule has 1 aromatic carbocycles. The van der Waals surface area contributed by atoms with Crippen molar-refractivity contribution in [2.45, 2.75) is 0 Å². The number of nitrogens with two attached hydrogens (primary N) is 3. The second-order valence-corrected chi connectivity index (χ2v) is 3.36. The predicted molar refractivity (Wildman–Crippen MR) is 60.3 cm³/mol. The zero-order chi connectivity index (χ0) is 12.1. The molecule has 0 amide bonds. The summed E-state index contributed by atoms with van der Waals surface area (Å²) in [7, 11) is 0. The quantitative estimate of drug-likeness (QED) is 0.258. The lowest BCUT2D eigenvalue weighted by atomic mass is 10.2. The molecular formula is C9H11ClN6+2. The van der Waals surface area contributed by atoms with Gasteiger partial charge in [0.2, 0.25) is 0 Å². The van der Waals surface area contributed by atoms with E-state index >= 15 is 0 Å². The standard InChI is InChI=1S/C9H9ClN6/c10-6-1-2-7(5(3-6)4-11)15-9(14)16-8(12)13/h1-3H,(H6,12,13,14,15,16)/p+2. The third kappa shape index (κ3) is 3.15. The molecule has 0 radical (unpaired) electrons. The molecule has 0 aliphatic heterocycles. The molecule has 0 fully saturated rings. The highest BCUT2D eigenvalue weighted by Crippen LogP contribution is 2.15. The molecule has 7 heteroatoms. The molecule has 0 aliphatic rings. The maximum Gasteiger partial charge on any atom is 0.522 e. The molecule has 0 aliphatic carbocycles. The summed E-state index contributed by atoms with van der Waals surface area (Å²) < 4.78 is 0. The summed E-state index contributed by atoms with van der Waals surface area (Å²) in [5.41, 5.74) is 16.8. The topological polar surface area (TPSA) is 130 Å². The van der Waals surface area contributed by atoms with Crippen molar-refractivity contribution in [3.05, 3.63) is 28.8 Å². The molecular weight excluding hydrogens is 228 g/mol. The smallest absolute Gasteiger partial charge is 0.345 e. The summed E-state index contributed by atoms with van der Waals surface area (Å²) >= 11 is 5.74. The van der Waals surface area contributed by atoms with E-state index in [9.17, 15) is 0 Å². The van der Waals surface area contributed by atoms with Crippen molar-refractivity contribution in [1.82, 2.24) is 0 Å². The van der Waals surface area contributed by atoms with Crippen LogP contribution in [0.15, 0.2) is 18.2 Å². The van der Waals surface area contributed by atoms with Crippen LogP contribution in [0.4, 0.5) is 5.69 Å². The molecule has 0 bridgehead atoms. The highest BCUT2D eigenvalue weighted by Gasteiger charge is 2.09. The number of halogens is 1. The van der Waals surface area contributed by atoms with Crippen LogP contribution in [0.2, 0.25) is 5.02 Å². The third-order valence-corrected chi connectivity index (χ3v) is 1.89. The first-order valence-electron chi connectivity index (χ1n) is 4.27. The van der Waals surface area contributed by atoms with Crippen LogP contribution in [0.3, 0.4) is 0 Å². The van der Waals surface area contributed by atoms with Crippen LogP contribution >= 0.6 is 11.6 Å². The average Bonchev–Trinajstić information content (AvgIpc) is 2.19. The Labute approximate surface area is 97.0 Å². The second kappa shape index (κ2) is 5.00. The first-order valence-corrected chi connectivity index (χ1v) is 4.64. The lowest BCUT2D eigenvalue weighted by Gasteiger charge is -1.93. The van der Waals surface area contributed by atoms with Gasteiger partial charge in [-0.15, -0.1) is 4.99 Å². The van der Waals surface area contributed by atoms with Crippen LogP contribution < -0.4 is 27.2 Å². The Kier molecular flexibility index (Phi) is 3.69. The van der Waals surface area contributed by atoms with Crippen LogP contribution in [-0.4, -0.2) is 11.9 Å². The summed E-state index contributed by atoms with van der Waals surface area (Å²) in [6, 6.07) is 6.76. The summed E-state index contributed by atoms with van der Waals surface area (Å²) in [6.45, 7) is 0. The Morgan fingerprint density at radius 3 is 2.56 bits per heavy atom. The first kappa shape index (κ1) is 11.8. The van der Waals surface area contributed by atoms with Crippen LogP contribution in [0, 0.1) is 11.3 Å². The molecule has 0 atom stereocenters. The number of nitrogens with one attached hydrogen (secondary N) is 2. The van der Waals surface area contributed by atoms with Crippen molar-refractivity contribution < 1.29 is 9.98 Å². The van der Waals surface area contributed by atoms with Crippen LogP contribution in [0.1, 0.15) is 5.56 Å². The molecule has 82 valence electrons. The fraction of sp³-hybridized carbons (Fsp3) is 0. The van der Waals surface area contributed by atoms with Gasteiger partial charge in [-0.2, -0.15) is 10.3 Å². The summed E-state index contributed by atoms with van der Waals surface area (Å²) in [5.74, 6) is 0.0799.